The van der Waals surface area contributed by atoms with Crippen molar-refractivity contribution in [2.75, 3.05) is 0 Å². The van der Waals surface area contributed by atoms with E-state index in [1.165, 1.54) is 22.3 Å². The molecule has 4 nitrogen and oxygen atoms in total. The number of benzene rings is 6. The highest BCUT2D eigenvalue weighted by atomic mass is 16.3. The zero-order valence-electron chi connectivity index (χ0n) is 24.7. The van der Waals surface area contributed by atoms with Crippen LogP contribution in [0.15, 0.2) is 120 Å². The zero-order chi connectivity index (χ0) is 30.4. The SMILES string of the molecule is CC1(C)c2ccccc2-c2c1ccc1c2oc2ccc(-c3cccc(C#N)c3-n3c4ccccc4c4cc(C#N)ccc43)cc21. The van der Waals surface area contributed by atoms with E-state index < -0.39 is 0 Å². The minimum absolute atomic E-state index is 0.104. The third-order valence-corrected chi connectivity index (χ3v) is 9.68. The maximum Gasteiger partial charge on any atom is 0.143 e. The second-order valence-electron chi connectivity index (χ2n) is 12.4. The van der Waals surface area contributed by atoms with Crippen molar-refractivity contribution in [2.24, 2.45) is 0 Å². The van der Waals surface area contributed by atoms with Crippen LogP contribution in [0.1, 0.15) is 36.1 Å². The second-order valence-corrected chi connectivity index (χ2v) is 12.4. The fraction of sp³-hybridized carbons (Fsp3) is 0.0732. The number of para-hydroxylation sites is 2. The first kappa shape index (κ1) is 25.4. The lowest BCUT2D eigenvalue weighted by atomic mass is 9.82. The molecule has 0 radical (unpaired) electrons. The molecule has 0 atom stereocenters. The van der Waals surface area contributed by atoms with Crippen molar-refractivity contribution in [1.29, 1.82) is 10.5 Å². The van der Waals surface area contributed by atoms with Crippen LogP contribution in [0.4, 0.5) is 0 Å². The first-order valence-corrected chi connectivity index (χ1v) is 15.1. The molecule has 9 rings (SSSR count). The summed E-state index contributed by atoms with van der Waals surface area (Å²) in [4.78, 5) is 0. The highest BCUT2D eigenvalue weighted by Crippen LogP contribution is 2.52. The fourth-order valence-electron chi connectivity index (χ4n) is 7.58. The van der Waals surface area contributed by atoms with Crippen LogP contribution >= 0.6 is 0 Å². The van der Waals surface area contributed by atoms with Gasteiger partial charge in [0.05, 0.1) is 33.9 Å². The number of fused-ring (bicyclic) bond motifs is 10. The quantitative estimate of drug-likeness (QED) is 0.206. The summed E-state index contributed by atoms with van der Waals surface area (Å²) in [5, 5.41) is 24.2. The molecule has 0 amide bonds. The third-order valence-electron chi connectivity index (χ3n) is 9.68. The lowest BCUT2D eigenvalue weighted by Crippen LogP contribution is -2.14. The van der Waals surface area contributed by atoms with Crippen LogP contribution in [-0.2, 0) is 5.41 Å². The van der Waals surface area contributed by atoms with E-state index in [-0.39, 0.29) is 5.41 Å². The lowest BCUT2D eigenvalue weighted by molar-refractivity contribution is 0.653. The van der Waals surface area contributed by atoms with Crippen molar-refractivity contribution in [2.45, 2.75) is 19.3 Å². The Bertz CT molecular complexity index is 2650. The number of rotatable bonds is 2. The molecule has 0 N–H and O–H groups in total. The smallest absolute Gasteiger partial charge is 0.143 e. The highest BCUT2D eigenvalue weighted by molar-refractivity contribution is 6.13. The van der Waals surface area contributed by atoms with E-state index in [4.69, 9.17) is 4.42 Å². The van der Waals surface area contributed by atoms with Crippen molar-refractivity contribution in [1.82, 2.24) is 4.57 Å². The van der Waals surface area contributed by atoms with Crippen LogP contribution in [0.2, 0.25) is 0 Å². The maximum atomic E-state index is 10.4. The number of hydrogen-bond donors (Lipinski definition) is 0. The number of hydrogen-bond acceptors (Lipinski definition) is 3. The number of nitrogens with zero attached hydrogens (tertiary/aromatic N) is 3. The molecule has 0 saturated carbocycles. The minimum atomic E-state index is -0.104. The van der Waals surface area contributed by atoms with E-state index in [0.29, 0.717) is 11.1 Å². The maximum absolute atomic E-state index is 10.4. The van der Waals surface area contributed by atoms with E-state index in [1.54, 1.807) is 0 Å². The molecule has 8 aromatic rings. The van der Waals surface area contributed by atoms with Crippen LogP contribution < -0.4 is 0 Å². The zero-order valence-corrected chi connectivity index (χ0v) is 24.7. The highest BCUT2D eigenvalue weighted by Gasteiger charge is 2.37. The van der Waals surface area contributed by atoms with Crippen molar-refractivity contribution in [3.05, 3.63) is 138 Å². The average Bonchev–Trinajstić information content (AvgIpc) is 3.69. The molecule has 0 unspecified atom stereocenters. The van der Waals surface area contributed by atoms with E-state index >= 15 is 0 Å². The molecular weight excluding hydrogens is 550 g/mol. The molecule has 0 fully saturated rings. The second kappa shape index (κ2) is 8.96. The predicted octanol–water partition coefficient (Wildman–Crippen LogP) is 10.4. The van der Waals surface area contributed by atoms with Gasteiger partial charge in [0.15, 0.2) is 0 Å². The van der Waals surface area contributed by atoms with E-state index in [9.17, 15) is 10.5 Å². The van der Waals surface area contributed by atoms with Crippen molar-refractivity contribution >= 4 is 43.7 Å². The van der Waals surface area contributed by atoms with Crippen molar-refractivity contribution in [3.8, 4) is 40.1 Å². The van der Waals surface area contributed by atoms with Crippen molar-refractivity contribution < 1.29 is 4.42 Å². The van der Waals surface area contributed by atoms with Crippen LogP contribution in [0.5, 0.6) is 0 Å². The molecule has 0 saturated heterocycles. The van der Waals surface area contributed by atoms with E-state index in [0.717, 1.165) is 60.6 Å². The summed E-state index contributed by atoms with van der Waals surface area (Å²) < 4.78 is 8.81. The number of furan rings is 1. The standard InChI is InChI=1S/C41H25N3O/c1-41(2)33-12-5-3-10-30(33)38-34(41)17-16-29-32-21-25(15-19-37(32)45-40(29)38)27-11-7-8-26(23-43)39(27)44-35-13-6-4-9-28(35)31-20-24(22-42)14-18-36(31)44/h3-21H,1-2H3. The Morgan fingerprint density at radius 3 is 2.29 bits per heavy atom. The molecule has 2 heterocycles. The van der Waals surface area contributed by atoms with E-state index in [1.807, 2.05) is 42.5 Å². The molecule has 210 valence electrons. The largest absolute Gasteiger partial charge is 0.455 e. The third kappa shape index (κ3) is 3.34. The predicted molar refractivity (Wildman–Crippen MR) is 180 cm³/mol. The van der Waals surface area contributed by atoms with Crippen molar-refractivity contribution in [3.63, 3.8) is 0 Å². The Kier molecular flexibility index (Phi) is 5.06. The molecule has 0 aliphatic heterocycles. The molecule has 0 bridgehead atoms. The Morgan fingerprint density at radius 2 is 1.42 bits per heavy atom. The summed E-state index contributed by atoms with van der Waals surface area (Å²) in [6.07, 6.45) is 0. The van der Waals surface area contributed by atoms with Gasteiger partial charge in [0.25, 0.3) is 0 Å². The molecule has 45 heavy (non-hydrogen) atoms. The van der Waals surface area contributed by atoms with Crippen LogP contribution in [-0.4, -0.2) is 4.57 Å². The first-order valence-electron chi connectivity index (χ1n) is 15.1. The van der Waals surface area contributed by atoms with Crippen LogP contribution in [0, 0.1) is 22.7 Å². The average molecular weight is 576 g/mol. The van der Waals surface area contributed by atoms with Gasteiger partial charge in [0.1, 0.15) is 17.2 Å². The number of aromatic nitrogens is 1. The van der Waals surface area contributed by atoms with Crippen LogP contribution in [0.25, 0.3) is 71.7 Å². The van der Waals surface area contributed by atoms with Gasteiger partial charge in [-0.1, -0.05) is 86.6 Å². The Labute approximate surface area is 259 Å². The topological polar surface area (TPSA) is 65.7 Å². The Hall–Kier alpha value is -6.10. The van der Waals surface area contributed by atoms with Gasteiger partial charge in [-0.15, -0.1) is 0 Å². The van der Waals surface area contributed by atoms with Crippen LogP contribution in [0.3, 0.4) is 0 Å². The van der Waals surface area contributed by atoms with Gasteiger partial charge in [0.2, 0.25) is 0 Å². The van der Waals surface area contributed by atoms with Gasteiger partial charge in [-0.25, -0.2) is 0 Å². The molecule has 1 aliphatic rings. The molecular formula is C41H25N3O. The summed E-state index contributed by atoms with van der Waals surface area (Å²) in [5.41, 5.74) is 12.5. The molecule has 0 spiro atoms. The Morgan fingerprint density at radius 1 is 0.622 bits per heavy atom. The summed E-state index contributed by atoms with van der Waals surface area (Å²) in [6.45, 7) is 4.56. The molecule has 6 aromatic carbocycles. The fourth-order valence-corrected chi connectivity index (χ4v) is 7.58. The van der Waals surface area contributed by atoms with Gasteiger partial charge in [0, 0.05) is 38.1 Å². The van der Waals surface area contributed by atoms with E-state index in [2.05, 4.69) is 103 Å². The summed E-state index contributed by atoms with van der Waals surface area (Å²) in [7, 11) is 0. The van der Waals surface area contributed by atoms with Gasteiger partial charge in [-0.05, 0) is 64.7 Å². The summed E-state index contributed by atoms with van der Waals surface area (Å²) in [6, 6.07) is 44.0. The molecule has 4 heteroatoms. The summed E-state index contributed by atoms with van der Waals surface area (Å²) >= 11 is 0. The summed E-state index contributed by atoms with van der Waals surface area (Å²) in [5.74, 6) is 0. The molecule has 1 aliphatic carbocycles. The molecule has 2 aromatic heterocycles. The Balaban J connectivity index is 1.32. The van der Waals surface area contributed by atoms with Gasteiger partial charge >= 0.3 is 0 Å². The lowest BCUT2D eigenvalue weighted by Gasteiger charge is -2.21. The normalized spacial score (nSPS) is 13.2. The monoisotopic (exact) mass is 575 g/mol. The van der Waals surface area contributed by atoms with Gasteiger partial charge in [-0.2, -0.15) is 10.5 Å². The number of nitriles is 2. The minimum Gasteiger partial charge on any atom is -0.455 e. The first-order chi connectivity index (χ1) is 22.0. The van der Waals surface area contributed by atoms with Gasteiger partial charge < -0.3 is 8.98 Å². The van der Waals surface area contributed by atoms with Gasteiger partial charge in [-0.3, -0.25) is 0 Å².